The van der Waals surface area contributed by atoms with Crippen LogP contribution in [0.1, 0.15) is 44.6 Å². The summed E-state index contributed by atoms with van der Waals surface area (Å²) in [6, 6.07) is 10.9. The van der Waals surface area contributed by atoms with Crippen molar-refractivity contribution in [3.63, 3.8) is 0 Å². The second-order valence-electron chi connectivity index (χ2n) is 5.12. The van der Waals surface area contributed by atoms with Crippen molar-refractivity contribution in [1.82, 2.24) is 0 Å². The van der Waals surface area contributed by atoms with Gasteiger partial charge in [0.1, 0.15) is 0 Å². The van der Waals surface area contributed by atoms with Crippen LogP contribution in [0, 0.1) is 5.41 Å². The molecule has 1 N–H and O–H groups in total. The van der Waals surface area contributed by atoms with Gasteiger partial charge in [0.05, 0.1) is 0 Å². The Morgan fingerprint density at radius 1 is 1.31 bits per heavy atom. The molecule has 1 unspecified atom stereocenters. The van der Waals surface area contributed by atoms with E-state index in [0.29, 0.717) is 5.41 Å². The van der Waals surface area contributed by atoms with Crippen molar-refractivity contribution < 1.29 is 9.90 Å². The number of hydrogen-bond donors (Lipinski definition) is 1. The first kappa shape index (κ1) is 12.8. The quantitative estimate of drug-likeness (QED) is 0.733. The Labute approximate surface area is 97.3 Å². The Morgan fingerprint density at radius 2 is 1.88 bits per heavy atom. The number of carboxylic acid groups (broad SMARTS) is 1. The molecule has 1 aliphatic carbocycles. The molecule has 1 fully saturated rings. The molecule has 0 spiro atoms. The highest BCUT2D eigenvalue weighted by Gasteiger charge is 2.31. The molecule has 1 aromatic carbocycles. The predicted molar refractivity (Wildman–Crippen MR) is 65.5 cm³/mol. The van der Waals surface area contributed by atoms with Crippen LogP contribution in [0.4, 0.5) is 0 Å². The van der Waals surface area contributed by atoms with Crippen molar-refractivity contribution in [2.24, 2.45) is 5.41 Å². The van der Waals surface area contributed by atoms with E-state index in [-0.39, 0.29) is 6.47 Å². The van der Waals surface area contributed by atoms with Gasteiger partial charge in [-0.15, -0.1) is 0 Å². The first-order chi connectivity index (χ1) is 7.59. The maximum atomic E-state index is 8.36. The molecule has 0 aliphatic heterocycles. The van der Waals surface area contributed by atoms with E-state index >= 15 is 0 Å². The van der Waals surface area contributed by atoms with E-state index in [2.05, 4.69) is 44.2 Å². The van der Waals surface area contributed by atoms with E-state index in [1.165, 1.54) is 24.8 Å². The van der Waals surface area contributed by atoms with Gasteiger partial charge in [0.15, 0.2) is 0 Å². The summed E-state index contributed by atoms with van der Waals surface area (Å²) in [7, 11) is 0. The summed E-state index contributed by atoms with van der Waals surface area (Å²) in [5.41, 5.74) is 2.11. The number of hydrogen-bond acceptors (Lipinski definition) is 1. The summed E-state index contributed by atoms with van der Waals surface area (Å²) in [6.07, 6.45) is 4.11. The molecule has 0 radical (unpaired) electrons. The van der Waals surface area contributed by atoms with Gasteiger partial charge >= 0.3 is 0 Å². The maximum Gasteiger partial charge on any atom is 0.290 e. The predicted octanol–water partition coefficient (Wildman–Crippen LogP) is 3.68. The van der Waals surface area contributed by atoms with Gasteiger partial charge in [0.25, 0.3) is 6.47 Å². The molecule has 1 aromatic rings. The Hall–Kier alpha value is -1.31. The van der Waals surface area contributed by atoms with Crippen LogP contribution in [-0.4, -0.2) is 11.6 Å². The van der Waals surface area contributed by atoms with Crippen LogP contribution in [0.5, 0.6) is 0 Å². The van der Waals surface area contributed by atoms with Crippen LogP contribution >= 0.6 is 0 Å². The van der Waals surface area contributed by atoms with Crippen LogP contribution < -0.4 is 0 Å². The van der Waals surface area contributed by atoms with E-state index in [4.69, 9.17) is 9.90 Å². The highest BCUT2D eigenvalue weighted by Crippen LogP contribution is 2.45. The van der Waals surface area contributed by atoms with Gasteiger partial charge in [-0.25, -0.2) is 0 Å². The molecule has 2 heteroatoms. The van der Waals surface area contributed by atoms with E-state index in [1.54, 1.807) is 0 Å². The maximum absolute atomic E-state index is 8.36. The molecule has 0 heterocycles. The molecule has 0 aromatic heterocycles. The zero-order chi connectivity index (χ0) is 12.0. The molecule has 1 atom stereocenters. The minimum atomic E-state index is -0.250. The van der Waals surface area contributed by atoms with Crippen LogP contribution in [-0.2, 0) is 4.79 Å². The molecule has 2 rings (SSSR count). The van der Waals surface area contributed by atoms with E-state index in [0.717, 1.165) is 5.92 Å². The highest BCUT2D eigenvalue weighted by atomic mass is 16.3. The minimum absolute atomic E-state index is 0.250. The monoisotopic (exact) mass is 220 g/mol. The fourth-order valence-electron chi connectivity index (χ4n) is 2.45. The van der Waals surface area contributed by atoms with E-state index in [9.17, 15) is 0 Å². The first-order valence-electron chi connectivity index (χ1n) is 5.72. The van der Waals surface area contributed by atoms with Gasteiger partial charge < -0.3 is 5.11 Å². The molecule has 0 bridgehead atoms. The summed E-state index contributed by atoms with van der Waals surface area (Å²) in [4.78, 5) is 8.36. The summed E-state index contributed by atoms with van der Waals surface area (Å²) < 4.78 is 0. The number of benzene rings is 1. The lowest BCUT2D eigenvalue weighted by molar-refractivity contribution is -0.122. The Kier molecular flexibility index (Phi) is 4.53. The molecule has 0 saturated heterocycles. The van der Waals surface area contributed by atoms with Gasteiger partial charge in [-0.3, -0.25) is 4.79 Å². The number of carbonyl (C=O) groups is 1. The third-order valence-electron chi connectivity index (χ3n) is 3.24. The zero-order valence-electron chi connectivity index (χ0n) is 10.0. The SMILES string of the molecule is CC1(C)CCC(c2ccccc2)C1.O=CO. The van der Waals surface area contributed by atoms with E-state index < -0.39 is 0 Å². The van der Waals surface area contributed by atoms with E-state index in [1.807, 2.05) is 0 Å². The lowest BCUT2D eigenvalue weighted by Gasteiger charge is -2.17. The van der Waals surface area contributed by atoms with Gasteiger partial charge in [-0.05, 0) is 36.2 Å². The van der Waals surface area contributed by atoms with Gasteiger partial charge in [-0.1, -0.05) is 44.2 Å². The molecule has 1 saturated carbocycles. The van der Waals surface area contributed by atoms with Crippen LogP contribution in [0.2, 0.25) is 0 Å². The average Bonchev–Trinajstić information content (AvgIpc) is 2.61. The fraction of sp³-hybridized carbons (Fsp3) is 0.500. The summed E-state index contributed by atoms with van der Waals surface area (Å²) >= 11 is 0. The van der Waals surface area contributed by atoms with Crippen molar-refractivity contribution in [3.05, 3.63) is 35.9 Å². The topological polar surface area (TPSA) is 37.3 Å². The van der Waals surface area contributed by atoms with Crippen molar-refractivity contribution in [2.75, 3.05) is 0 Å². The smallest absolute Gasteiger partial charge is 0.290 e. The Balaban J connectivity index is 0.000000386. The largest absolute Gasteiger partial charge is 0.483 e. The third kappa shape index (κ3) is 3.69. The summed E-state index contributed by atoms with van der Waals surface area (Å²) in [5.74, 6) is 0.816. The molecule has 2 nitrogen and oxygen atoms in total. The third-order valence-corrected chi connectivity index (χ3v) is 3.24. The van der Waals surface area contributed by atoms with Crippen molar-refractivity contribution >= 4 is 6.47 Å². The Morgan fingerprint density at radius 3 is 2.31 bits per heavy atom. The van der Waals surface area contributed by atoms with Crippen LogP contribution in [0.3, 0.4) is 0 Å². The first-order valence-corrected chi connectivity index (χ1v) is 5.72. The van der Waals surface area contributed by atoms with Crippen LogP contribution in [0.15, 0.2) is 30.3 Å². The normalized spacial score (nSPS) is 22.0. The molecule has 16 heavy (non-hydrogen) atoms. The minimum Gasteiger partial charge on any atom is -0.483 e. The average molecular weight is 220 g/mol. The van der Waals surface area contributed by atoms with Gasteiger partial charge in [0.2, 0.25) is 0 Å². The summed E-state index contributed by atoms with van der Waals surface area (Å²) in [5, 5.41) is 6.89. The zero-order valence-corrected chi connectivity index (χ0v) is 10.0. The molecular formula is C14H20O2. The fourth-order valence-corrected chi connectivity index (χ4v) is 2.45. The van der Waals surface area contributed by atoms with Crippen molar-refractivity contribution in [1.29, 1.82) is 0 Å². The lowest BCUT2D eigenvalue weighted by atomic mass is 9.88. The van der Waals surface area contributed by atoms with Crippen LogP contribution in [0.25, 0.3) is 0 Å². The molecular weight excluding hydrogens is 200 g/mol. The second kappa shape index (κ2) is 5.69. The Bertz CT molecular complexity index is 317. The standard InChI is InChI=1S/C13H18.CH2O2/c1-13(2)9-8-12(10-13)11-6-4-3-5-7-11;2-1-3/h3-7,12H,8-10H2,1-2H3;1H,(H,2,3). The molecule has 1 aliphatic rings. The second-order valence-corrected chi connectivity index (χ2v) is 5.12. The highest BCUT2D eigenvalue weighted by molar-refractivity contribution is 5.32. The summed E-state index contributed by atoms with van der Waals surface area (Å²) in [6.45, 7) is 4.52. The molecule has 88 valence electrons. The van der Waals surface area contributed by atoms with Gasteiger partial charge in [-0.2, -0.15) is 0 Å². The number of rotatable bonds is 1. The van der Waals surface area contributed by atoms with Crippen molar-refractivity contribution in [3.8, 4) is 0 Å². The lowest BCUT2D eigenvalue weighted by Crippen LogP contribution is -2.04. The van der Waals surface area contributed by atoms with Crippen molar-refractivity contribution in [2.45, 2.75) is 39.0 Å². The van der Waals surface area contributed by atoms with Gasteiger partial charge in [0, 0.05) is 0 Å². The molecule has 0 amide bonds.